The van der Waals surface area contributed by atoms with E-state index in [1.807, 2.05) is 13.8 Å². The number of hydrogen-bond donors (Lipinski definition) is 1. The Labute approximate surface area is 155 Å². The Morgan fingerprint density at radius 1 is 1.25 bits per heavy atom. The highest BCUT2D eigenvalue weighted by molar-refractivity contribution is 9.10. The van der Waals surface area contributed by atoms with Crippen LogP contribution in [0.3, 0.4) is 0 Å². The van der Waals surface area contributed by atoms with Crippen LogP contribution < -0.4 is 5.73 Å². The van der Waals surface area contributed by atoms with E-state index in [1.54, 1.807) is 25.2 Å². The third-order valence-corrected chi connectivity index (χ3v) is 4.36. The summed E-state index contributed by atoms with van der Waals surface area (Å²) < 4.78 is 0.715. The number of halogens is 2. The lowest BCUT2D eigenvalue weighted by molar-refractivity contribution is -0.131. The average molecular weight is 419 g/mol. The smallest absolute Gasteiger partial charge is 0.262 e. The van der Waals surface area contributed by atoms with Crippen molar-refractivity contribution < 1.29 is 14.4 Å². The lowest BCUT2D eigenvalue weighted by Gasteiger charge is -2.29. The van der Waals surface area contributed by atoms with Crippen LogP contribution in [0.15, 0.2) is 22.7 Å². The summed E-state index contributed by atoms with van der Waals surface area (Å²) in [5.74, 6) is -1.16. The number of hydrogen-bond acceptors (Lipinski definition) is 4. The van der Waals surface area contributed by atoms with Gasteiger partial charge in [-0.25, -0.2) is 0 Å². The molecule has 0 radical (unpaired) electrons. The predicted molar refractivity (Wildman–Crippen MR) is 97.2 cm³/mol. The van der Waals surface area contributed by atoms with E-state index in [4.69, 9.17) is 5.73 Å². The van der Waals surface area contributed by atoms with E-state index < -0.39 is 11.8 Å². The minimum absolute atomic E-state index is 0. The number of benzene rings is 1. The van der Waals surface area contributed by atoms with Crippen molar-refractivity contribution >= 4 is 46.1 Å². The maximum absolute atomic E-state index is 12.4. The Bertz CT molecular complexity index is 679. The summed E-state index contributed by atoms with van der Waals surface area (Å²) in [5, 5.41) is 0. The molecule has 0 aromatic heterocycles. The number of nitrogens with zero attached hydrogens (tertiary/aromatic N) is 2. The van der Waals surface area contributed by atoms with Gasteiger partial charge in [-0.1, -0.05) is 29.8 Å². The van der Waals surface area contributed by atoms with E-state index in [9.17, 15) is 14.4 Å². The van der Waals surface area contributed by atoms with Gasteiger partial charge in [0.25, 0.3) is 11.8 Å². The van der Waals surface area contributed by atoms with Gasteiger partial charge >= 0.3 is 0 Å². The second-order valence-electron chi connectivity index (χ2n) is 6.50. The van der Waals surface area contributed by atoms with Crippen molar-refractivity contribution in [2.75, 3.05) is 26.7 Å². The van der Waals surface area contributed by atoms with Crippen molar-refractivity contribution in [3.63, 3.8) is 0 Å². The second kappa shape index (κ2) is 7.63. The molecular weight excluding hydrogens is 398 g/mol. The van der Waals surface area contributed by atoms with Gasteiger partial charge in [0.05, 0.1) is 11.1 Å². The van der Waals surface area contributed by atoms with Gasteiger partial charge in [0.2, 0.25) is 5.91 Å². The Kier molecular flexibility index (Phi) is 6.55. The molecule has 1 heterocycles. The molecule has 0 saturated carbocycles. The third-order valence-electron chi connectivity index (χ3n) is 3.87. The zero-order chi connectivity index (χ0) is 17.4. The topological polar surface area (TPSA) is 83.7 Å². The van der Waals surface area contributed by atoms with Crippen LogP contribution in [0.25, 0.3) is 0 Å². The largest absolute Gasteiger partial charge is 0.344 e. The molecular formula is C16H21BrClN3O3. The molecule has 0 spiro atoms. The molecule has 0 fully saturated rings. The Balaban J connectivity index is 0.00000288. The molecule has 3 amide bonds. The summed E-state index contributed by atoms with van der Waals surface area (Å²) in [6.07, 6.45) is 0. The number of imide groups is 1. The summed E-state index contributed by atoms with van der Waals surface area (Å²) in [6, 6.07) is 4.89. The van der Waals surface area contributed by atoms with E-state index >= 15 is 0 Å². The van der Waals surface area contributed by atoms with E-state index in [1.165, 1.54) is 4.90 Å². The molecule has 132 valence electrons. The van der Waals surface area contributed by atoms with Crippen LogP contribution >= 0.6 is 28.3 Å². The number of fused-ring (bicyclic) bond motifs is 1. The molecule has 2 N–H and O–H groups in total. The zero-order valence-electron chi connectivity index (χ0n) is 13.8. The van der Waals surface area contributed by atoms with Gasteiger partial charge in [0.15, 0.2) is 0 Å². The number of likely N-dealkylation sites (N-methyl/N-ethyl adjacent to an activating group) is 1. The first kappa shape index (κ1) is 20.6. The fraction of sp³-hybridized carbons (Fsp3) is 0.438. The van der Waals surface area contributed by atoms with Crippen LogP contribution in [0.2, 0.25) is 0 Å². The maximum Gasteiger partial charge on any atom is 0.262 e. The van der Waals surface area contributed by atoms with Gasteiger partial charge < -0.3 is 10.6 Å². The summed E-state index contributed by atoms with van der Waals surface area (Å²) in [4.78, 5) is 39.5. The molecule has 1 aliphatic heterocycles. The van der Waals surface area contributed by atoms with E-state index in [2.05, 4.69) is 15.9 Å². The van der Waals surface area contributed by atoms with Crippen LogP contribution in [0.1, 0.15) is 34.6 Å². The van der Waals surface area contributed by atoms with E-state index in [0.717, 1.165) is 4.90 Å². The SMILES string of the molecule is CN(CC(C)(C)CN)C(=O)CN1C(=O)c2ccc(Br)cc2C1=O.Cl. The highest BCUT2D eigenvalue weighted by Gasteiger charge is 2.37. The summed E-state index contributed by atoms with van der Waals surface area (Å²) in [6.45, 7) is 4.54. The molecule has 1 aromatic carbocycles. The molecule has 24 heavy (non-hydrogen) atoms. The average Bonchev–Trinajstić information content (AvgIpc) is 2.71. The maximum atomic E-state index is 12.4. The van der Waals surface area contributed by atoms with Gasteiger partial charge in [-0.2, -0.15) is 0 Å². The first-order chi connectivity index (χ1) is 10.7. The molecule has 6 nitrogen and oxygen atoms in total. The Hall–Kier alpha value is -1.44. The Morgan fingerprint density at radius 2 is 1.83 bits per heavy atom. The van der Waals surface area contributed by atoms with Crippen LogP contribution in [-0.4, -0.2) is 54.2 Å². The summed E-state index contributed by atoms with van der Waals surface area (Å²) in [7, 11) is 1.65. The molecule has 0 aliphatic carbocycles. The molecule has 2 rings (SSSR count). The van der Waals surface area contributed by atoms with Crippen molar-refractivity contribution in [3.8, 4) is 0 Å². The van der Waals surface area contributed by atoms with E-state index in [0.29, 0.717) is 28.7 Å². The predicted octanol–water partition coefficient (Wildman–Crippen LogP) is 1.91. The highest BCUT2D eigenvalue weighted by atomic mass is 79.9. The van der Waals surface area contributed by atoms with E-state index in [-0.39, 0.29) is 30.3 Å². The van der Waals surface area contributed by atoms with Crippen molar-refractivity contribution in [1.82, 2.24) is 9.80 Å². The number of nitrogens with two attached hydrogens (primary N) is 1. The van der Waals surface area contributed by atoms with Crippen LogP contribution in [0.5, 0.6) is 0 Å². The number of rotatable bonds is 5. The normalized spacial score (nSPS) is 13.6. The monoisotopic (exact) mass is 417 g/mol. The van der Waals surface area contributed by atoms with Gasteiger partial charge in [0, 0.05) is 18.1 Å². The fourth-order valence-corrected chi connectivity index (χ4v) is 2.82. The minimum atomic E-state index is -0.439. The van der Waals surface area contributed by atoms with Gasteiger partial charge in [0.1, 0.15) is 6.54 Å². The van der Waals surface area contributed by atoms with Crippen LogP contribution in [0.4, 0.5) is 0 Å². The van der Waals surface area contributed by atoms with Gasteiger partial charge in [-0.3, -0.25) is 19.3 Å². The number of amides is 3. The molecule has 8 heteroatoms. The van der Waals surface area contributed by atoms with Gasteiger partial charge in [-0.05, 0) is 30.2 Å². The van der Waals surface area contributed by atoms with Crippen LogP contribution in [0, 0.1) is 5.41 Å². The van der Waals surface area contributed by atoms with Crippen molar-refractivity contribution in [2.45, 2.75) is 13.8 Å². The lowest BCUT2D eigenvalue weighted by atomic mass is 9.93. The number of carbonyl (C=O) groups excluding carboxylic acids is 3. The molecule has 0 atom stereocenters. The molecule has 0 unspecified atom stereocenters. The number of carbonyl (C=O) groups is 3. The highest BCUT2D eigenvalue weighted by Crippen LogP contribution is 2.26. The summed E-state index contributed by atoms with van der Waals surface area (Å²) >= 11 is 3.28. The lowest BCUT2D eigenvalue weighted by Crippen LogP contribution is -2.45. The van der Waals surface area contributed by atoms with Crippen LogP contribution in [-0.2, 0) is 4.79 Å². The second-order valence-corrected chi connectivity index (χ2v) is 7.42. The zero-order valence-corrected chi connectivity index (χ0v) is 16.2. The molecule has 0 bridgehead atoms. The standard InChI is InChI=1S/C16H20BrN3O3.ClH/c1-16(2,8-18)9-19(3)13(21)7-20-14(22)11-5-4-10(17)6-12(11)15(20)23;/h4-6H,7-9,18H2,1-3H3;1H. The summed E-state index contributed by atoms with van der Waals surface area (Å²) in [5.41, 5.74) is 6.10. The fourth-order valence-electron chi connectivity index (χ4n) is 2.46. The van der Waals surface area contributed by atoms with Crippen molar-refractivity contribution in [2.24, 2.45) is 11.1 Å². The first-order valence-corrected chi connectivity index (χ1v) is 8.05. The molecule has 1 aromatic rings. The van der Waals surface area contributed by atoms with Gasteiger partial charge in [-0.15, -0.1) is 12.4 Å². The molecule has 0 saturated heterocycles. The van der Waals surface area contributed by atoms with Crippen molar-refractivity contribution in [1.29, 1.82) is 0 Å². The Morgan fingerprint density at radius 3 is 2.42 bits per heavy atom. The molecule has 1 aliphatic rings. The first-order valence-electron chi connectivity index (χ1n) is 7.26. The van der Waals surface area contributed by atoms with Crippen molar-refractivity contribution in [3.05, 3.63) is 33.8 Å². The quantitative estimate of drug-likeness (QED) is 0.740. The third kappa shape index (κ3) is 4.15. The minimum Gasteiger partial charge on any atom is -0.344 e.